The van der Waals surface area contributed by atoms with Crippen LogP contribution in [-0.2, 0) is 0 Å². The summed E-state index contributed by atoms with van der Waals surface area (Å²) in [5.41, 5.74) is 1.89. The predicted octanol–water partition coefficient (Wildman–Crippen LogP) is 1.67. The van der Waals surface area contributed by atoms with E-state index in [2.05, 4.69) is 21.3 Å². The first-order chi connectivity index (χ1) is 15.1. The van der Waals surface area contributed by atoms with Crippen LogP contribution in [0.4, 0.5) is 0 Å². The first-order valence-corrected chi connectivity index (χ1v) is 10.1. The van der Waals surface area contributed by atoms with Crippen molar-refractivity contribution >= 4 is 11.4 Å². The summed E-state index contributed by atoms with van der Waals surface area (Å²) in [6, 6.07) is 9.51. The number of aromatic amines is 1. The largest absolute Gasteiger partial charge is 0.338 e. The van der Waals surface area contributed by atoms with Crippen LogP contribution >= 0.6 is 0 Å². The third-order valence-corrected chi connectivity index (χ3v) is 5.87. The standard InChI is InChI=1S/C21H20N8O2/c1-14-17(13-23-29(14)21-24-19(30)18-5-3-9-28(18)25-21)20(31)26-10-6-15(7-11-26)27-8-2-4-16(27)12-22/h2-5,8-9,13,15H,6-7,10-11H2,1H3,(H,24,25,30). The monoisotopic (exact) mass is 416 g/mol. The van der Waals surface area contributed by atoms with Crippen molar-refractivity contribution in [3.63, 3.8) is 0 Å². The molecule has 1 fully saturated rings. The van der Waals surface area contributed by atoms with Crippen molar-refractivity contribution in [3.8, 4) is 12.0 Å². The highest BCUT2D eigenvalue weighted by atomic mass is 16.2. The number of nitrogens with one attached hydrogen (secondary N) is 1. The van der Waals surface area contributed by atoms with Crippen LogP contribution in [0.1, 0.15) is 40.6 Å². The van der Waals surface area contributed by atoms with Gasteiger partial charge in [0.2, 0.25) is 5.95 Å². The number of carbonyl (C=O) groups excluding carboxylic acids is 1. The SMILES string of the molecule is Cc1c(C(=O)N2CCC(n3cccc3C#N)CC2)cnn1-c1nn2cccc2c(=O)[nH]1. The molecule has 5 heterocycles. The van der Waals surface area contributed by atoms with Gasteiger partial charge in [0.15, 0.2) is 0 Å². The molecule has 0 unspecified atom stereocenters. The number of hydrogen-bond donors (Lipinski definition) is 1. The van der Waals surface area contributed by atoms with E-state index in [4.69, 9.17) is 0 Å². The lowest BCUT2D eigenvalue weighted by Crippen LogP contribution is -2.39. The van der Waals surface area contributed by atoms with Crippen LogP contribution in [0.15, 0.2) is 47.7 Å². The van der Waals surface area contributed by atoms with Crippen molar-refractivity contribution in [2.75, 3.05) is 13.1 Å². The van der Waals surface area contributed by atoms with E-state index in [1.807, 2.05) is 21.7 Å². The Morgan fingerprint density at radius 3 is 2.77 bits per heavy atom. The van der Waals surface area contributed by atoms with Gasteiger partial charge in [-0.3, -0.25) is 14.6 Å². The van der Waals surface area contributed by atoms with E-state index in [9.17, 15) is 14.9 Å². The molecule has 4 aromatic rings. The van der Waals surface area contributed by atoms with E-state index in [0.29, 0.717) is 35.6 Å². The molecular formula is C21H20N8O2. The summed E-state index contributed by atoms with van der Waals surface area (Å²) >= 11 is 0. The van der Waals surface area contributed by atoms with Gasteiger partial charge in [0.25, 0.3) is 11.5 Å². The third-order valence-electron chi connectivity index (χ3n) is 5.87. The molecule has 10 heteroatoms. The maximum Gasteiger partial charge on any atom is 0.276 e. The van der Waals surface area contributed by atoms with Gasteiger partial charge in [-0.1, -0.05) is 0 Å². The number of likely N-dealkylation sites (tertiary alicyclic amines) is 1. The fraction of sp³-hybridized carbons (Fsp3) is 0.286. The van der Waals surface area contributed by atoms with Gasteiger partial charge in [-0.15, -0.1) is 5.10 Å². The van der Waals surface area contributed by atoms with Gasteiger partial charge in [-0.25, -0.2) is 9.20 Å². The lowest BCUT2D eigenvalue weighted by Gasteiger charge is -2.33. The molecule has 156 valence electrons. The summed E-state index contributed by atoms with van der Waals surface area (Å²) in [7, 11) is 0. The van der Waals surface area contributed by atoms with Crippen LogP contribution in [0, 0.1) is 18.3 Å². The minimum absolute atomic E-state index is 0.0976. The van der Waals surface area contributed by atoms with Crippen molar-refractivity contribution < 1.29 is 4.79 Å². The minimum atomic E-state index is -0.276. The van der Waals surface area contributed by atoms with Gasteiger partial charge < -0.3 is 9.47 Å². The molecule has 0 atom stereocenters. The lowest BCUT2D eigenvalue weighted by molar-refractivity contribution is 0.0693. The van der Waals surface area contributed by atoms with Crippen LogP contribution < -0.4 is 5.56 Å². The van der Waals surface area contributed by atoms with Gasteiger partial charge in [-0.05, 0) is 44.0 Å². The number of hydrogen-bond acceptors (Lipinski definition) is 5. The zero-order valence-corrected chi connectivity index (χ0v) is 16.9. The van der Waals surface area contributed by atoms with Crippen LogP contribution in [0.25, 0.3) is 11.5 Å². The second-order valence-electron chi connectivity index (χ2n) is 7.61. The van der Waals surface area contributed by atoms with Gasteiger partial charge in [0, 0.05) is 31.5 Å². The molecule has 0 aromatic carbocycles. The summed E-state index contributed by atoms with van der Waals surface area (Å²) in [4.78, 5) is 29.9. The molecule has 0 aliphatic carbocycles. The van der Waals surface area contributed by atoms with Gasteiger partial charge >= 0.3 is 0 Å². The Morgan fingerprint density at radius 2 is 2.00 bits per heavy atom. The van der Waals surface area contributed by atoms with Crippen molar-refractivity contribution in [1.29, 1.82) is 5.26 Å². The first-order valence-electron chi connectivity index (χ1n) is 10.1. The van der Waals surface area contributed by atoms with E-state index in [-0.39, 0.29) is 23.5 Å². The minimum Gasteiger partial charge on any atom is -0.338 e. The Labute approximate surface area is 176 Å². The topological polar surface area (TPSA) is 117 Å². The number of fused-ring (bicyclic) bond motifs is 1. The molecule has 1 saturated heterocycles. The average molecular weight is 416 g/mol. The summed E-state index contributed by atoms with van der Waals surface area (Å²) in [5.74, 6) is 0.153. The summed E-state index contributed by atoms with van der Waals surface area (Å²) in [6.07, 6.45) is 6.68. The molecule has 10 nitrogen and oxygen atoms in total. The molecule has 4 aromatic heterocycles. The molecule has 1 amide bonds. The number of carbonyl (C=O) groups is 1. The van der Waals surface area contributed by atoms with Crippen LogP contribution in [0.5, 0.6) is 0 Å². The average Bonchev–Trinajstić information content (AvgIpc) is 3.52. The van der Waals surface area contributed by atoms with Gasteiger partial charge in [-0.2, -0.15) is 10.4 Å². The highest BCUT2D eigenvalue weighted by Gasteiger charge is 2.27. The summed E-state index contributed by atoms with van der Waals surface area (Å²) in [6.45, 7) is 2.98. The van der Waals surface area contributed by atoms with Gasteiger partial charge in [0.1, 0.15) is 17.3 Å². The zero-order chi connectivity index (χ0) is 21.5. The number of nitrogens with zero attached hydrogens (tertiary/aromatic N) is 7. The number of aromatic nitrogens is 6. The number of H-pyrrole nitrogens is 1. The Bertz CT molecular complexity index is 1370. The maximum absolute atomic E-state index is 13.1. The molecule has 31 heavy (non-hydrogen) atoms. The lowest BCUT2D eigenvalue weighted by atomic mass is 10.0. The molecule has 1 aliphatic rings. The van der Waals surface area contributed by atoms with Crippen molar-refractivity contribution in [2.45, 2.75) is 25.8 Å². The number of rotatable bonds is 3. The smallest absolute Gasteiger partial charge is 0.276 e. The highest BCUT2D eigenvalue weighted by molar-refractivity contribution is 5.95. The zero-order valence-electron chi connectivity index (χ0n) is 16.9. The summed E-state index contributed by atoms with van der Waals surface area (Å²) in [5, 5.41) is 17.9. The van der Waals surface area contributed by atoms with Crippen LogP contribution in [-0.4, -0.2) is 52.8 Å². The number of nitriles is 1. The van der Waals surface area contributed by atoms with E-state index in [1.54, 1.807) is 31.3 Å². The van der Waals surface area contributed by atoms with Gasteiger partial charge in [0.05, 0.1) is 17.5 Å². The molecule has 1 N–H and O–H groups in total. The van der Waals surface area contributed by atoms with E-state index in [0.717, 1.165) is 12.8 Å². The Hall–Kier alpha value is -4.13. The quantitative estimate of drug-likeness (QED) is 0.545. The predicted molar refractivity (Wildman–Crippen MR) is 111 cm³/mol. The number of piperidine rings is 1. The second kappa shape index (κ2) is 7.28. The fourth-order valence-electron chi connectivity index (χ4n) is 4.18. The van der Waals surface area contributed by atoms with Crippen LogP contribution in [0.2, 0.25) is 0 Å². The fourth-order valence-corrected chi connectivity index (χ4v) is 4.18. The van der Waals surface area contributed by atoms with E-state index >= 15 is 0 Å². The Kier molecular flexibility index (Phi) is 4.43. The highest BCUT2D eigenvalue weighted by Crippen LogP contribution is 2.26. The first kappa shape index (κ1) is 18.9. The molecule has 0 bridgehead atoms. The third kappa shape index (κ3) is 3.11. The molecule has 0 radical (unpaired) electrons. The normalized spacial score (nSPS) is 14.8. The molecule has 1 aliphatic heterocycles. The van der Waals surface area contributed by atoms with Crippen molar-refractivity contribution in [2.24, 2.45) is 0 Å². The molecule has 0 saturated carbocycles. The summed E-state index contributed by atoms with van der Waals surface area (Å²) < 4.78 is 4.95. The van der Waals surface area contributed by atoms with E-state index < -0.39 is 0 Å². The van der Waals surface area contributed by atoms with Crippen LogP contribution in [0.3, 0.4) is 0 Å². The maximum atomic E-state index is 13.1. The van der Waals surface area contributed by atoms with E-state index in [1.165, 1.54) is 15.4 Å². The van der Waals surface area contributed by atoms with Crippen molar-refractivity contribution in [1.82, 2.24) is 33.8 Å². The molecule has 0 spiro atoms. The molecular weight excluding hydrogens is 396 g/mol. The van der Waals surface area contributed by atoms with Crippen molar-refractivity contribution in [3.05, 3.63) is 70.2 Å². The Balaban J connectivity index is 1.36. The second-order valence-corrected chi connectivity index (χ2v) is 7.61. The molecule has 5 rings (SSSR count). The number of amides is 1. The Morgan fingerprint density at radius 1 is 1.23 bits per heavy atom.